The first kappa shape index (κ1) is 15.9. The molecule has 0 aromatic heterocycles. The highest BCUT2D eigenvalue weighted by Gasteiger charge is 2.30. The SMILES string of the molecule is CC(C)(C)[S+]([O-])N=Cc1c(F)c(Br)cc(C2CC2)c1F. The number of rotatable bonds is 3. The van der Waals surface area contributed by atoms with Crippen LogP contribution in [0.25, 0.3) is 0 Å². The summed E-state index contributed by atoms with van der Waals surface area (Å²) in [6.45, 7) is 5.26. The minimum Gasteiger partial charge on any atom is -0.591 e. The van der Waals surface area contributed by atoms with Crippen LogP contribution in [0, 0.1) is 11.6 Å². The zero-order valence-electron chi connectivity index (χ0n) is 11.5. The van der Waals surface area contributed by atoms with Crippen molar-refractivity contribution in [2.45, 2.75) is 44.3 Å². The summed E-state index contributed by atoms with van der Waals surface area (Å²) in [5.74, 6) is -1.14. The average molecular weight is 364 g/mol. The van der Waals surface area contributed by atoms with Crippen LogP contribution in [-0.2, 0) is 11.4 Å². The third-order valence-corrected chi connectivity index (χ3v) is 4.96. The molecule has 0 amide bonds. The van der Waals surface area contributed by atoms with Gasteiger partial charge in [-0.05, 0) is 67.1 Å². The van der Waals surface area contributed by atoms with Crippen molar-refractivity contribution in [1.82, 2.24) is 0 Å². The molecule has 1 aliphatic carbocycles. The molecule has 0 heterocycles. The van der Waals surface area contributed by atoms with Crippen LogP contribution in [0.3, 0.4) is 0 Å². The maximum atomic E-state index is 14.3. The van der Waals surface area contributed by atoms with Crippen LogP contribution in [0.1, 0.15) is 50.7 Å². The molecule has 0 N–H and O–H groups in total. The lowest BCUT2D eigenvalue weighted by atomic mass is 10.1. The monoisotopic (exact) mass is 363 g/mol. The molecule has 0 bridgehead atoms. The van der Waals surface area contributed by atoms with E-state index in [2.05, 4.69) is 20.3 Å². The van der Waals surface area contributed by atoms with E-state index >= 15 is 0 Å². The first-order valence-electron chi connectivity index (χ1n) is 6.35. The predicted octanol–water partition coefficient (Wildman–Crippen LogP) is 4.49. The van der Waals surface area contributed by atoms with E-state index in [1.54, 1.807) is 20.8 Å². The van der Waals surface area contributed by atoms with Crippen LogP contribution in [-0.4, -0.2) is 15.5 Å². The Morgan fingerprint density at radius 1 is 1.35 bits per heavy atom. The zero-order valence-corrected chi connectivity index (χ0v) is 13.9. The van der Waals surface area contributed by atoms with Crippen LogP contribution >= 0.6 is 15.9 Å². The molecule has 1 saturated carbocycles. The molecular weight excluding hydrogens is 348 g/mol. The predicted molar refractivity (Wildman–Crippen MR) is 81.5 cm³/mol. The summed E-state index contributed by atoms with van der Waals surface area (Å²) in [4.78, 5) is 0. The molecule has 1 aliphatic rings. The zero-order chi connectivity index (χ0) is 15.1. The second-order valence-corrected chi connectivity index (χ2v) is 8.65. The maximum Gasteiger partial charge on any atom is 0.149 e. The largest absolute Gasteiger partial charge is 0.591 e. The van der Waals surface area contributed by atoms with E-state index in [1.165, 1.54) is 6.07 Å². The lowest BCUT2D eigenvalue weighted by Gasteiger charge is -2.17. The Hall–Kier alpha value is -0.460. The Morgan fingerprint density at radius 2 is 1.95 bits per heavy atom. The number of hydrogen-bond donors (Lipinski definition) is 0. The Labute approximate surface area is 129 Å². The number of halogens is 3. The van der Waals surface area contributed by atoms with Crippen molar-refractivity contribution in [3.8, 4) is 0 Å². The molecule has 1 fully saturated rings. The Bertz CT molecular complexity index is 553. The Kier molecular flexibility index (Phi) is 4.56. The van der Waals surface area contributed by atoms with Gasteiger partial charge in [0.05, 0.1) is 16.3 Å². The molecule has 1 aromatic rings. The normalized spacial score (nSPS) is 17.8. The van der Waals surface area contributed by atoms with E-state index in [4.69, 9.17) is 0 Å². The van der Waals surface area contributed by atoms with E-state index in [0.29, 0.717) is 5.56 Å². The third kappa shape index (κ3) is 3.40. The fourth-order valence-electron chi connectivity index (χ4n) is 1.71. The van der Waals surface area contributed by atoms with E-state index in [9.17, 15) is 13.3 Å². The van der Waals surface area contributed by atoms with E-state index in [1.807, 2.05) is 0 Å². The van der Waals surface area contributed by atoms with Gasteiger partial charge in [0.1, 0.15) is 27.7 Å². The van der Waals surface area contributed by atoms with Gasteiger partial charge in [-0.3, -0.25) is 0 Å². The van der Waals surface area contributed by atoms with Crippen molar-refractivity contribution >= 4 is 33.5 Å². The number of benzene rings is 1. The summed E-state index contributed by atoms with van der Waals surface area (Å²) in [6, 6.07) is 1.49. The van der Waals surface area contributed by atoms with E-state index in [0.717, 1.165) is 19.1 Å². The van der Waals surface area contributed by atoms with Gasteiger partial charge >= 0.3 is 0 Å². The Morgan fingerprint density at radius 3 is 2.45 bits per heavy atom. The molecule has 0 aliphatic heterocycles. The minimum absolute atomic E-state index is 0.159. The molecule has 1 unspecified atom stereocenters. The second kappa shape index (κ2) is 5.73. The van der Waals surface area contributed by atoms with Crippen molar-refractivity contribution in [2.24, 2.45) is 4.40 Å². The smallest absolute Gasteiger partial charge is 0.149 e. The molecule has 20 heavy (non-hydrogen) atoms. The van der Waals surface area contributed by atoms with Crippen LogP contribution in [0.4, 0.5) is 8.78 Å². The molecule has 1 aromatic carbocycles. The summed E-state index contributed by atoms with van der Waals surface area (Å²) in [5, 5.41) is 0. The second-order valence-electron chi connectivity index (χ2n) is 5.86. The fraction of sp³-hybridized carbons (Fsp3) is 0.500. The lowest BCUT2D eigenvalue weighted by molar-refractivity contribution is 0.560. The van der Waals surface area contributed by atoms with Crippen molar-refractivity contribution in [2.75, 3.05) is 0 Å². The summed E-state index contributed by atoms with van der Waals surface area (Å²) in [6.07, 6.45) is 2.88. The van der Waals surface area contributed by atoms with Crippen molar-refractivity contribution in [3.63, 3.8) is 0 Å². The summed E-state index contributed by atoms with van der Waals surface area (Å²) in [5.41, 5.74) is 0.278. The highest BCUT2D eigenvalue weighted by Crippen LogP contribution is 2.43. The van der Waals surface area contributed by atoms with Crippen molar-refractivity contribution in [1.29, 1.82) is 0 Å². The topological polar surface area (TPSA) is 35.4 Å². The van der Waals surface area contributed by atoms with Gasteiger partial charge in [0, 0.05) is 0 Å². The minimum atomic E-state index is -1.54. The van der Waals surface area contributed by atoms with Crippen LogP contribution in [0.15, 0.2) is 14.9 Å². The molecule has 6 heteroatoms. The number of nitrogens with zero attached hydrogens (tertiary/aromatic N) is 1. The van der Waals surface area contributed by atoms with Crippen LogP contribution in [0.2, 0.25) is 0 Å². The highest BCUT2D eigenvalue weighted by atomic mass is 79.9. The van der Waals surface area contributed by atoms with E-state index in [-0.39, 0.29) is 16.0 Å². The number of hydrogen-bond acceptors (Lipinski definition) is 2. The van der Waals surface area contributed by atoms with Gasteiger partial charge in [-0.1, -0.05) is 4.40 Å². The molecule has 0 spiro atoms. The molecule has 0 radical (unpaired) electrons. The summed E-state index contributed by atoms with van der Waals surface area (Å²) >= 11 is 1.55. The maximum absolute atomic E-state index is 14.3. The van der Waals surface area contributed by atoms with Gasteiger partial charge in [0.15, 0.2) is 0 Å². The summed E-state index contributed by atoms with van der Waals surface area (Å²) < 4.78 is 43.6. The van der Waals surface area contributed by atoms with Gasteiger partial charge in [-0.15, -0.1) is 0 Å². The summed E-state index contributed by atoms with van der Waals surface area (Å²) in [7, 11) is 0. The lowest BCUT2D eigenvalue weighted by Crippen LogP contribution is -2.26. The van der Waals surface area contributed by atoms with E-state index < -0.39 is 27.7 Å². The molecule has 0 saturated heterocycles. The van der Waals surface area contributed by atoms with Crippen molar-refractivity contribution in [3.05, 3.63) is 33.3 Å². The Balaban J connectivity index is 2.38. The van der Waals surface area contributed by atoms with Crippen LogP contribution in [0.5, 0.6) is 0 Å². The molecule has 110 valence electrons. The first-order valence-corrected chi connectivity index (χ1v) is 8.25. The standard InChI is InChI=1S/C14H16BrF2NOS/c1-14(2,3)20(19)18-7-10-12(16)9(8-4-5-8)6-11(15)13(10)17/h6-8H,4-5H2,1-3H3. The van der Waals surface area contributed by atoms with Gasteiger partial charge in [0.2, 0.25) is 0 Å². The third-order valence-electron chi connectivity index (χ3n) is 3.04. The quantitative estimate of drug-likeness (QED) is 0.442. The van der Waals surface area contributed by atoms with Gasteiger partial charge < -0.3 is 4.55 Å². The van der Waals surface area contributed by atoms with Crippen molar-refractivity contribution < 1.29 is 13.3 Å². The van der Waals surface area contributed by atoms with Gasteiger partial charge in [-0.25, -0.2) is 8.78 Å². The fourth-order valence-corrected chi connectivity index (χ4v) is 2.68. The van der Waals surface area contributed by atoms with Gasteiger partial charge in [0.25, 0.3) is 0 Å². The molecule has 1 atom stereocenters. The average Bonchev–Trinajstić information content (AvgIpc) is 3.16. The van der Waals surface area contributed by atoms with Crippen LogP contribution < -0.4 is 0 Å². The molecule has 2 rings (SSSR count). The van der Waals surface area contributed by atoms with Gasteiger partial charge in [-0.2, -0.15) is 0 Å². The molecule has 2 nitrogen and oxygen atoms in total. The highest BCUT2D eigenvalue weighted by molar-refractivity contribution is 9.10. The first-order chi connectivity index (χ1) is 9.21. The molecular formula is C14H16BrF2NOS.